The third-order valence-electron chi connectivity index (χ3n) is 4.65. The average molecular weight is 506 g/mol. The van der Waals surface area contributed by atoms with Crippen LogP contribution in [0.5, 0.6) is 5.75 Å². The molecule has 3 unspecified atom stereocenters. The number of allylic oxidation sites excluding steroid dienone is 1. The molecule has 190 valence electrons. The van der Waals surface area contributed by atoms with Crippen LogP contribution in [0.25, 0.3) is 0 Å². The molecule has 35 heavy (non-hydrogen) atoms. The Balaban J connectivity index is 2.23. The van der Waals surface area contributed by atoms with E-state index in [0.717, 1.165) is 0 Å². The molecule has 0 spiro atoms. The Kier molecular flexibility index (Phi) is 9.81. The molecule has 0 radical (unpaired) electrons. The number of aromatic nitrogens is 2. The smallest absolute Gasteiger partial charge is 0.256 e. The number of hydrogen-bond acceptors (Lipinski definition) is 8. The van der Waals surface area contributed by atoms with Crippen molar-refractivity contribution >= 4 is 21.6 Å². The van der Waals surface area contributed by atoms with Gasteiger partial charge in [0.05, 0.1) is 11.5 Å². The molecule has 0 saturated heterocycles. The van der Waals surface area contributed by atoms with Crippen LogP contribution in [0.15, 0.2) is 77.6 Å². The van der Waals surface area contributed by atoms with E-state index in [4.69, 9.17) is 9.47 Å². The second kappa shape index (κ2) is 12.3. The van der Waals surface area contributed by atoms with E-state index in [1.54, 1.807) is 43.9 Å². The van der Waals surface area contributed by atoms with Gasteiger partial charge in [-0.25, -0.2) is 8.42 Å². The van der Waals surface area contributed by atoms with Gasteiger partial charge in [0.25, 0.3) is 5.91 Å². The Morgan fingerprint density at radius 2 is 1.89 bits per heavy atom. The summed E-state index contributed by atoms with van der Waals surface area (Å²) >= 11 is 0. The summed E-state index contributed by atoms with van der Waals surface area (Å²) in [6.45, 7) is 8.01. The lowest BCUT2D eigenvalue weighted by Gasteiger charge is -2.17. The van der Waals surface area contributed by atoms with Crippen molar-refractivity contribution in [3.8, 4) is 5.75 Å². The van der Waals surface area contributed by atoms with Crippen molar-refractivity contribution in [1.29, 1.82) is 0 Å². The standard InChI is InChI=1S/C24H31N3O7S/c1-6-19(24(30)25-23-11-12-27(5)26-23)14-21(34-17(3)15-28)13-16(2)33-20-7-9-22(10-8-20)35(31,32)18(4)29/h6-14,16-18,28-29H,1,15H2,2-5H3,(H,25,26,30)/b19-14+,21-13+. The van der Waals surface area contributed by atoms with Gasteiger partial charge in [-0.2, -0.15) is 5.10 Å². The molecule has 1 amide bonds. The van der Waals surface area contributed by atoms with Crippen LogP contribution >= 0.6 is 0 Å². The van der Waals surface area contributed by atoms with Crippen molar-refractivity contribution in [2.45, 2.75) is 43.3 Å². The van der Waals surface area contributed by atoms with Crippen molar-refractivity contribution in [1.82, 2.24) is 9.78 Å². The molecule has 0 saturated carbocycles. The van der Waals surface area contributed by atoms with Gasteiger partial charge in [0.1, 0.15) is 23.7 Å². The molecule has 3 atom stereocenters. The van der Waals surface area contributed by atoms with E-state index in [9.17, 15) is 23.4 Å². The first-order valence-electron chi connectivity index (χ1n) is 10.8. The Labute approximate surface area is 205 Å². The van der Waals surface area contributed by atoms with E-state index in [1.807, 2.05) is 0 Å². The molecule has 1 aromatic heterocycles. The maximum Gasteiger partial charge on any atom is 0.256 e. The van der Waals surface area contributed by atoms with Crippen molar-refractivity contribution in [2.24, 2.45) is 7.05 Å². The highest BCUT2D eigenvalue weighted by Gasteiger charge is 2.20. The van der Waals surface area contributed by atoms with E-state index < -0.39 is 33.4 Å². The van der Waals surface area contributed by atoms with Crippen LogP contribution in [0.2, 0.25) is 0 Å². The van der Waals surface area contributed by atoms with Gasteiger partial charge in [-0.1, -0.05) is 12.7 Å². The number of ether oxygens (including phenoxy) is 2. The summed E-state index contributed by atoms with van der Waals surface area (Å²) in [6.07, 6.45) is 5.01. The normalized spacial score (nSPS) is 15.1. The molecule has 3 N–H and O–H groups in total. The lowest BCUT2D eigenvalue weighted by atomic mass is 10.2. The molecule has 2 aromatic rings. The fourth-order valence-corrected chi connectivity index (χ4v) is 3.73. The Hall–Kier alpha value is -3.41. The minimum atomic E-state index is -3.82. The molecule has 2 rings (SSSR count). The van der Waals surface area contributed by atoms with Crippen LogP contribution in [-0.2, 0) is 26.4 Å². The number of aliphatic hydroxyl groups is 2. The van der Waals surface area contributed by atoms with Gasteiger partial charge in [0.15, 0.2) is 11.3 Å². The van der Waals surface area contributed by atoms with E-state index in [0.29, 0.717) is 11.6 Å². The van der Waals surface area contributed by atoms with Crippen molar-refractivity contribution in [3.63, 3.8) is 0 Å². The number of rotatable bonds is 12. The highest BCUT2D eigenvalue weighted by atomic mass is 32.2. The molecule has 0 aliphatic carbocycles. The molecule has 0 aliphatic heterocycles. The third-order valence-corrected chi connectivity index (χ3v) is 6.48. The summed E-state index contributed by atoms with van der Waals surface area (Å²) in [5.74, 6) is 0.568. The van der Waals surface area contributed by atoms with Crippen molar-refractivity contribution < 1.29 is 32.9 Å². The maximum atomic E-state index is 12.7. The van der Waals surface area contributed by atoms with Crippen molar-refractivity contribution in [2.75, 3.05) is 11.9 Å². The zero-order valence-electron chi connectivity index (χ0n) is 20.1. The number of aryl methyl sites for hydroxylation is 1. The lowest BCUT2D eigenvalue weighted by molar-refractivity contribution is -0.112. The minimum Gasteiger partial charge on any atom is -0.488 e. The number of carbonyl (C=O) groups is 1. The molecule has 1 heterocycles. The number of carbonyl (C=O) groups excluding carboxylic acids is 1. The van der Waals surface area contributed by atoms with Crippen LogP contribution in [0.1, 0.15) is 20.8 Å². The highest BCUT2D eigenvalue weighted by Crippen LogP contribution is 2.21. The van der Waals surface area contributed by atoms with Crippen LogP contribution in [-0.4, -0.2) is 58.6 Å². The zero-order valence-corrected chi connectivity index (χ0v) is 20.9. The van der Waals surface area contributed by atoms with Crippen LogP contribution in [0.4, 0.5) is 5.82 Å². The van der Waals surface area contributed by atoms with E-state index in [2.05, 4.69) is 17.0 Å². The van der Waals surface area contributed by atoms with Crippen molar-refractivity contribution in [3.05, 3.63) is 72.7 Å². The zero-order chi connectivity index (χ0) is 26.2. The fourth-order valence-electron chi connectivity index (χ4n) is 2.82. The quantitative estimate of drug-likeness (QED) is 0.227. The number of amides is 1. The number of hydrogen-bond donors (Lipinski definition) is 3. The van der Waals surface area contributed by atoms with Gasteiger partial charge < -0.3 is 25.0 Å². The predicted molar refractivity (Wildman–Crippen MR) is 131 cm³/mol. The first kappa shape index (κ1) is 27.8. The Morgan fingerprint density at radius 1 is 1.23 bits per heavy atom. The van der Waals surface area contributed by atoms with Crippen LogP contribution < -0.4 is 10.1 Å². The van der Waals surface area contributed by atoms with Gasteiger partial charge >= 0.3 is 0 Å². The van der Waals surface area contributed by atoms with Gasteiger partial charge in [0, 0.05) is 24.9 Å². The Bertz CT molecular complexity index is 1180. The second-order valence-electron chi connectivity index (χ2n) is 7.75. The predicted octanol–water partition coefficient (Wildman–Crippen LogP) is 2.33. The average Bonchev–Trinajstić information content (AvgIpc) is 3.21. The summed E-state index contributed by atoms with van der Waals surface area (Å²) in [7, 11) is -2.09. The highest BCUT2D eigenvalue weighted by molar-refractivity contribution is 7.91. The summed E-state index contributed by atoms with van der Waals surface area (Å²) in [4.78, 5) is 12.6. The largest absolute Gasteiger partial charge is 0.488 e. The first-order chi connectivity index (χ1) is 16.5. The molecule has 0 fully saturated rings. The summed E-state index contributed by atoms with van der Waals surface area (Å²) < 4.78 is 37.2. The molecule has 0 bridgehead atoms. The summed E-state index contributed by atoms with van der Waals surface area (Å²) in [6, 6.07) is 7.28. The number of aliphatic hydroxyl groups excluding tert-OH is 2. The van der Waals surface area contributed by atoms with Gasteiger partial charge in [0.2, 0.25) is 9.84 Å². The molecule has 0 aliphatic rings. The number of anilines is 1. The lowest BCUT2D eigenvalue weighted by Crippen LogP contribution is -2.18. The third kappa shape index (κ3) is 8.09. The van der Waals surface area contributed by atoms with E-state index in [-0.39, 0.29) is 22.8 Å². The summed E-state index contributed by atoms with van der Waals surface area (Å²) in [5, 5.41) is 25.6. The maximum absolute atomic E-state index is 12.7. The number of benzene rings is 1. The SMILES string of the molecule is C=C/C(=C\C(=C/C(C)Oc1ccc(S(=O)(=O)C(C)O)cc1)OC(C)CO)C(=O)Nc1ccn(C)n1. The van der Waals surface area contributed by atoms with Crippen LogP contribution in [0.3, 0.4) is 0 Å². The molecular weight excluding hydrogens is 474 g/mol. The number of nitrogens with zero attached hydrogens (tertiary/aromatic N) is 2. The topological polar surface area (TPSA) is 140 Å². The molecular formula is C24H31N3O7S. The van der Waals surface area contributed by atoms with Gasteiger partial charge in [-0.15, -0.1) is 0 Å². The molecule has 10 nitrogen and oxygen atoms in total. The number of sulfone groups is 1. The van der Waals surface area contributed by atoms with Gasteiger partial charge in [-0.05, 0) is 57.2 Å². The summed E-state index contributed by atoms with van der Waals surface area (Å²) in [5.41, 5.74) is -1.32. The monoisotopic (exact) mass is 505 g/mol. The number of nitrogens with one attached hydrogen (secondary N) is 1. The van der Waals surface area contributed by atoms with Gasteiger partial charge in [-0.3, -0.25) is 9.48 Å². The van der Waals surface area contributed by atoms with E-state index >= 15 is 0 Å². The van der Waals surface area contributed by atoms with E-state index in [1.165, 1.54) is 43.3 Å². The molecule has 11 heteroatoms. The molecule has 1 aromatic carbocycles. The first-order valence-corrected chi connectivity index (χ1v) is 12.3. The minimum absolute atomic E-state index is 0.0266. The fraction of sp³-hybridized carbons (Fsp3) is 0.333. The second-order valence-corrected chi connectivity index (χ2v) is 9.99. The van der Waals surface area contributed by atoms with Crippen LogP contribution in [0, 0.1) is 0 Å². The Morgan fingerprint density at radius 3 is 2.40 bits per heavy atom.